The Morgan fingerprint density at radius 1 is 1.09 bits per heavy atom. The van der Waals surface area contributed by atoms with Crippen molar-refractivity contribution in [2.45, 2.75) is 26.5 Å². The van der Waals surface area contributed by atoms with Gasteiger partial charge in [-0.3, -0.25) is 4.79 Å². The molecule has 2 rings (SSSR count). The van der Waals surface area contributed by atoms with Gasteiger partial charge in [-0.2, -0.15) is 8.78 Å². The van der Waals surface area contributed by atoms with Crippen molar-refractivity contribution >= 4 is 17.3 Å². The zero-order chi connectivity index (χ0) is 16.8. The summed E-state index contributed by atoms with van der Waals surface area (Å²) in [7, 11) is 0. The minimum atomic E-state index is -2.95. The monoisotopic (exact) mass is 320 g/mol. The van der Waals surface area contributed by atoms with Gasteiger partial charge in [-0.15, -0.1) is 0 Å². The van der Waals surface area contributed by atoms with E-state index in [4.69, 9.17) is 0 Å². The molecule has 2 aromatic carbocycles. The summed E-state index contributed by atoms with van der Waals surface area (Å²) in [6.07, 6.45) is 0. The Bertz CT molecular complexity index is 660. The number of para-hydroxylation sites is 2. The lowest BCUT2D eigenvalue weighted by Gasteiger charge is -2.17. The van der Waals surface area contributed by atoms with E-state index in [0.29, 0.717) is 0 Å². The average Bonchev–Trinajstić information content (AvgIpc) is 2.51. The van der Waals surface area contributed by atoms with Crippen LogP contribution < -0.4 is 15.4 Å². The Balaban J connectivity index is 2.02. The molecule has 0 radical (unpaired) electrons. The van der Waals surface area contributed by atoms with Crippen molar-refractivity contribution in [2.75, 3.05) is 10.6 Å². The molecule has 122 valence electrons. The minimum absolute atomic E-state index is 0.0709. The van der Waals surface area contributed by atoms with Crippen LogP contribution in [-0.4, -0.2) is 18.6 Å². The van der Waals surface area contributed by atoms with E-state index in [2.05, 4.69) is 15.4 Å². The third-order valence-corrected chi connectivity index (χ3v) is 3.19. The van der Waals surface area contributed by atoms with E-state index in [1.807, 2.05) is 31.2 Å². The van der Waals surface area contributed by atoms with Crippen LogP contribution in [0.2, 0.25) is 0 Å². The first kappa shape index (κ1) is 16.7. The van der Waals surface area contributed by atoms with Gasteiger partial charge in [0.15, 0.2) is 0 Å². The number of benzene rings is 2. The van der Waals surface area contributed by atoms with Crippen LogP contribution in [0.25, 0.3) is 0 Å². The Kier molecular flexibility index (Phi) is 5.51. The van der Waals surface area contributed by atoms with Crippen molar-refractivity contribution < 1.29 is 18.3 Å². The first-order chi connectivity index (χ1) is 11.0. The zero-order valence-corrected chi connectivity index (χ0v) is 12.8. The third kappa shape index (κ3) is 4.95. The molecular weight excluding hydrogens is 302 g/mol. The SMILES string of the molecule is Cc1ccc(NC(C)C(=O)Nc2ccccc2OC(F)F)cc1. The molecule has 0 saturated carbocycles. The highest BCUT2D eigenvalue weighted by molar-refractivity contribution is 5.97. The number of anilines is 2. The number of aryl methyl sites for hydroxylation is 1. The number of rotatable bonds is 6. The first-order valence-corrected chi connectivity index (χ1v) is 7.13. The maximum atomic E-state index is 12.4. The van der Waals surface area contributed by atoms with Crippen molar-refractivity contribution in [3.05, 3.63) is 54.1 Å². The summed E-state index contributed by atoms with van der Waals surface area (Å²) < 4.78 is 29.1. The van der Waals surface area contributed by atoms with Crippen molar-refractivity contribution in [3.63, 3.8) is 0 Å². The lowest BCUT2D eigenvalue weighted by Crippen LogP contribution is -2.32. The van der Waals surface area contributed by atoms with Gasteiger partial charge < -0.3 is 15.4 Å². The summed E-state index contributed by atoms with van der Waals surface area (Å²) in [6, 6.07) is 13.1. The van der Waals surface area contributed by atoms with Crippen LogP contribution in [0.4, 0.5) is 20.2 Å². The molecule has 2 aromatic rings. The largest absolute Gasteiger partial charge is 0.433 e. The van der Waals surface area contributed by atoms with Crippen LogP contribution in [0.15, 0.2) is 48.5 Å². The van der Waals surface area contributed by atoms with Gasteiger partial charge in [-0.1, -0.05) is 29.8 Å². The number of alkyl halides is 2. The number of halogens is 2. The molecule has 0 heterocycles. The molecule has 0 aliphatic heterocycles. The molecule has 1 unspecified atom stereocenters. The summed E-state index contributed by atoms with van der Waals surface area (Å²) in [4.78, 5) is 12.2. The second-order valence-electron chi connectivity index (χ2n) is 5.10. The number of nitrogens with one attached hydrogen (secondary N) is 2. The van der Waals surface area contributed by atoms with Crippen LogP contribution in [-0.2, 0) is 4.79 Å². The summed E-state index contributed by atoms with van der Waals surface area (Å²) in [6.45, 7) is 0.710. The van der Waals surface area contributed by atoms with Gasteiger partial charge in [0.2, 0.25) is 5.91 Å². The maximum Gasteiger partial charge on any atom is 0.387 e. The van der Waals surface area contributed by atoms with Gasteiger partial charge in [0, 0.05) is 5.69 Å². The van der Waals surface area contributed by atoms with Crippen molar-refractivity contribution in [3.8, 4) is 5.75 Å². The van der Waals surface area contributed by atoms with Gasteiger partial charge in [-0.05, 0) is 38.1 Å². The molecule has 0 bridgehead atoms. The summed E-state index contributed by atoms with van der Waals surface area (Å²) in [5.41, 5.74) is 2.12. The fourth-order valence-corrected chi connectivity index (χ4v) is 1.97. The van der Waals surface area contributed by atoms with Gasteiger partial charge in [0.1, 0.15) is 11.8 Å². The molecule has 6 heteroatoms. The number of ether oxygens (including phenoxy) is 1. The Labute approximate surface area is 133 Å². The van der Waals surface area contributed by atoms with E-state index < -0.39 is 12.7 Å². The van der Waals surface area contributed by atoms with E-state index in [-0.39, 0.29) is 17.3 Å². The number of carbonyl (C=O) groups is 1. The number of amides is 1. The highest BCUT2D eigenvalue weighted by atomic mass is 19.3. The molecule has 4 nitrogen and oxygen atoms in total. The molecule has 1 amide bonds. The predicted molar refractivity (Wildman–Crippen MR) is 86.0 cm³/mol. The Morgan fingerprint density at radius 2 is 1.74 bits per heavy atom. The fourth-order valence-electron chi connectivity index (χ4n) is 1.97. The van der Waals surface area contributed by atoms with Crippen molar-refractivity contribution in [1.29, 1.82) is 0 Å². The van der Waals surface area contributed by atoms with E-state index in [0.717, 1.165) is 11.3 Å². The molecular formula is C17H18F2N2O2. The fraction of sp³-hybridized carbons (Fsp3) is 0.235. The number of carbonyl (C=O) groups excluding carboxylic acids is 1. The third-order valence-electron chi connectivity index (χ3n) is 3.19. The smallest absolute Gasteiger partial charge is 0.387 e. The molecule has 23 heavy (non-hydrogen) atoms. The van der Waals surface area contributed by atoms with Gasteiger partial charge in [0.05, 0.1) is 5.69 Å². The van der Waals surface area contributed by atoms with Crippen molar-refractivity contribution in [2.24, 2.45) is 0 Å². The number of hydrogen-bond donors (Lipinski definition) is 2. The molecule has 0 spiro atoms. The normalized spacial score (nSPS) is 11.9. The minimum Gasteiger partial charge on any atom is -0.433 e. The summed E-state index contributed by atoms with van der Waals surface area (Å²) in [5.74, 6) is -0.422. The highest BCUT2D eigenvalue weighted by Gasteiger charge is 2.16. The van der Waals surface area contributed by atoms with Crippen LogP contribution >= 0.6 is 0 Å². The topological polar surface area (TPSA) is 50.4 Å². The van der Waals surface area contributed by atoms with E-state index in [1.165, 1.54) is 12.1 Å². The second-order valence-corrected chi connectivity index (χ2v) is 5.10. The lowest BCUT2D eigenvalue weighted by atomic mass is 10.2. The molecule has 0 aliphatic carbocycles. The van der Waals surface area contributed by atoms with Crippen LogP contribution in [0.1, 0.15) is 12.5 Å². The Morgan fingerprint density at radius 3 is 2.39 bits per heavy atom. The van der Waals surface area contributed by atoms with E-state index >= 15 is 0 Å². The Hall–Kier alpha value is -2.63. The van der Waals surface area contributed by atoms with Gasteiger partial charge >= 0.3 is 6.61 Å². The molecule has 0 saturated heterocycles. The lowest BCUT2D eigenvalue weighted by molar-refractivity contribution is -0.116. The van der Waals surface area contributed by atoms with Crippen LogP contribution in [0, 0.1) is 6.92 Å². The van der Waals surface area contributed by atoms with Crippen LogP contribution in [0.5, 0.6) is 5.75 Å². The van der Waals surface area contributed by atoms with E-state index in [1.54, 1.807) is 19.1 Å². The van der Waals surface area contributed by atoms with Gasteiger partial charge in [0.25, 0.3) is 0 Å². The van der Waals surface area contributed by atoms with Crippen molar-refractivity contribution in [1.82, 2.24) is 0 Å². The zero-order valence-electron chi connectivity index (χ0n) is 12.8. The maximum absolute atomic E-state index is 12.4. The predicted octanol–water partition coefficient (Wildman–Crippen LogP) is 4.04. The quantitative estimate of drug-likeness (QED) is 0.845. The van der Waals surface area contributed by atoms with Gasteiger partial charge in [-0.25, -0.2) is 0 Å². The molecule has 0 aliphatic rings. The molecule has 0 aromatic heterocycles. The van der Waals surface area contributed by atoms with E-state index in [9.17, 15) is 13.6 Å². The summed E-state index contributed by atoms with van der Waals surface area (Å²) in [5, 5.41) is 5.64. The highest BCUT2D eigenvalue weighted by Crippen LogP contribution is 2.25. The van der Waals surface area contributed by atoms with Crippen LogP contribution in [0.3, 0.4) is 0 Å². The number of hydrogen-bond acceptors (Lipinski definition) is 3. The molecule has 0 fully saturated rings. The molecule has 2 N–H and O–H groups in total. The first-order valence-electron chi connectivity index (χ1n) is 7.13. The second kappa shape index (κ2) is 7.58. The molecule has 1 atom stereocenters. The summed E-state index contributed by atoms with van der Waals surface area (Å²) >= 11 is 0. The average molecular weight is 320 g/mol. The standard InChI is InChI=1S/C17H18F2N2O2/c1-11-7-9-13(10-8-11)20-12(2)16(22)21-14-5-3-4-6-15(14)23-17(18)19/h3-10,12,17,20H,1-2H3,(H,21,22).